The van der Waals surface area contributed by atoms with Crippen molar-refractivity contribution in [2.24, 2.45) is 11.8 Å². The van der Waals surface area contributed by atoms with Crippen LogP contribution >= 0.6 is 0 Å². The quantitative estimate of drug-likeness (QED) is 0.729. The fourth-order valence-corrected chi connectivity index (χ4v) is 4.15. The second-order valence-electron chi connectivity index (χ2n) is 8.72. The summed E-state index contributed by atoms with van der Waals surface area (Å²) >= 11 is 0. The first-order valence-corrected chi connectivity index (χ1v) is 11.1. The molecule has 2 aromatic heterocycles. The molecule has 168 valence electrons. The predicted molar refractivity (Wildman–Crippen MR) is 115 cm³/mol. The lowest BCUT2D eigenvalue weighted by Crippen LogP contribution is -2.44. The van der Waals surface area contributed by atoms with Crippen LogP contribution in [0.2, 0.25) is 0 Å². The molecule has 4 rings (SSSR count). The van der Waals surface area contributed by atoms with Crippen molar-refractivity contribution >= 4 is 23.5 Å². The highest BCUT2D eigenvalue weighted by Gasteiger charge is 2.31. The zero-order valence-electron chi connectivity index (χ0n) is 18.3. The maximum atomic E-state index is 13.1. The Bertz CT molecular complexity index is 907. The van der Waals surface area contributed by atoms with E-state index in [9.17, 15) is 9.59 Å². The number of aromatic nitrogens is 4. The summed E-state index contributed by atoms with van der Waals surface area (Å²) in [4.78, 5) is 31.2. The number of anilines is 1. The van der Waals surface area contributed by atoms with E-state index < -0.39 is 0 Å². The monoisotopic (exact) mass is 429 g/mol. The molecule has 2 amide bonds. The van der Waals surface area contributed by atoms with Crippen LogP contribution in [0.3, 0.4) is 0 Å². The smallest absolute Gasteiger partial charge is 0.409 e. The van der Waals surface area contributed by atoms with Gasteiger partial charge < -0.3 is 19.4 Å². The number of nitrogens with zero attached hydrogens (tertiary/aromatic N) is 7. The fraction of sp³-hybridized carbons (Fsp3) is 0.667. The van der Waals surface area contributed by atoms with E-state index in [2.05, 4.69) is 20.2 Å². The molecule has 0 N–H and O–H groups in total. The van der Waals surface area contributed by atoms with Crippen molar-refractivity contribution in [1.82, 2.24) is 29.6 Å². The van der Waals surface area contributed by atoms with Crippen molar-refractivity contribution in [3.05, 3.63) is 18.5 Å². The van der Waals surface area contributed by atoms with E-state index in [4.69, 9.17) is 4.74 Å². The molecule has 0 aliphatic carbocycles. The summed E-state index contributed by atoms with van der Waals surface area (Å²) in [5.41, 5.74) is 0.720. The van der Waals surface area contributed by atoms with E-state index in [1.54, 1.807) is 15.7 Å². The lowest BCUT2D eigenvalue weighted by molar-refractivity contribution is -0.136. The topological polar surface area (TPSA) is 96.2 Å². The molecule has 4 heterocycles. The molecule has 2 saturated heterocycles. The van der Waals surface area contributed by atoms with Crippen LogP contribution in [0.15, 0.2) is 18.5 Å². The molecule has 2 aliphatic heterocycles. The minimum atomic E-state index is -0.270. The summed E-state index contributed by atoms with van der Waals surface area (Å²) < 4.78 is 7.02. The number of hydrogen-bond acceptors (Lipinski definition) is 7. The van der Waals surface area contributed by atoms with Crippen LogP contribution in [-0.2, 0) is 9.53 Å². The van der Waals surface area contributed by atoms with Crippen LogP contribution in [0.4, 0.5) is 10.6 Å². The second kappa shape index (κ2) is 9.49. The average molecular weight is 430 g/mol. The summed E-state index contributed by atoms with van der Waals surface area (Å²) in [6.45, 7) is 8.48. The molecular weight excluding hydrogens is 398 g/mol. The predicted octanol–water partition coefficient (Wildman–Crippen LogP) is 1.67. The first-order chi connectivity index (χ1) is 15.0. The average Bonchev–Trinajstić information content (AvgIpc) is 3.11. The van der Waals surface area contributed by atoms with Crippen LogP contribution in [-0.4, -0.2) is 87.5 Å². The van der Waals surface area contributed by atoms with Gasteiger partial charge >= 0.3 is 6.09 Å². The van der Waals surface area contributed by atoms with Gasteiger partial charge in [-0.2, -0.15) is 4.52 Å². The van der Waals surface area contributed by atoms with E-state index in [0.717, 1.165) is 43.8 Å². The Balaban J connectivity index is 1.28. The van der Waals surface area contributed by atoms with Crippen molar-refractivity contribution in [3.63, 3.8) is 0 Å². The molecule has 10 heteroatoms. The van der Waals surface area contributed by atoms with Gasteiger partial charge in [0.15, 0.2) is 5.65 Å². The van der Waals surface area contributed by atoms with E-state index in [-0.39, 0.29) is 17.9 Å². The number of amides is 2. The van der Waals surface area contributed by atoms with Crippen molar-refractivity contribution < 1.29 is 14.3 Å². The van der Waals surface area contributed by atoms with E-state index in [1.165, 1.54) is 0 Å². The molecule has 2 fully saturated rings. The van der Waals surface area contributed by atoms with Crippen LogP contribution in [0.25, 0.3) is 5.65 Å². The highest BCUT2D eigenvalue weighted by molar-refractivity contribution is 5.79. The SMILES string of the molecule is CC(C)COC(=O)N1CCCN(C(=O)C2CCN(c3ccc4nncn4n3)CC2)CC1. The third kappa shape index (κ3) is 5.05. The second-order valence-corrected chi connectivity index (χ2v) is 8.72. The number of carbonyl (C=O) groups is 2. The summed E-state index contributed by atoms with van der Waals surface area (Å²) in [5.74, 6) is 1.42. The van der Waals surface area contributed by atoms with Gasteiger partial charge in [-0.3, -0.25) is 4.79 Å². The number of fused-ring (bicyclic) bond motifs is 1. The first kappa shape index (κ1) is 21.3. The molecular formula is C21H31N7O3. The summed E-state index contributed by atoms with van der Waals surface area (Å²) in [6, 6.07) is 3.86. The number of ether oxygens (including phenoxy) is 1. The fourth-order valence-electron chi connectivity index (χ4n) is 4.15. The molecule has 0 spiro atoms. The van der Waals surface area contributed by atoms with Crippen LogP contribution in [0, 0.1) is 11.8 Å². The molecule has 2 aliphatic rings. The van der Waals surface area contributed by atoms with Gasteiger partial charge in [-0.15, -0.1) is 15.3 Å². The number of carbonyl (C=O) groups excluding carboxylic acids is 2. The molecule has 31 heavy (non-hydrogen) atoms. The largest absolute Gasteiger partial charge is 0.449 e. The van der Waals surface area contributed by atoms with Gasteiger partial charge in [0.1, 0.15) is 12.1 Å². The number of piperidine rings is 1. The third-order valence-electron chi connectivity index (χ3n) is 5.92. The highest BCUT2D eigenvalue weighted by Crippen LogP contribution is 2.24. The van der Waals surface area contributed by atoms with Crippen molar-refractivity contribution in [2.75, 3.05) is 50.8 Å². The molecule has 10 nitrogen and oxygen atoms in total. The Hall–Kier alpha value is -2.91. The van der Waals surface area contributed by atoms with Gasteiger partial charge in [-0.1, -0.05) is 13.8 Å². The minimum absolute atomic E-state index is 0.0225. The Labute approximate surface area is 182 Å². The minimum Gasteiger partial charge on any atom is -0.449 e. The number of rotatable bonds is 4. The van der Waals surface area contributed by atoms with Gasteiger partial charge in [0.2, 0.25) is 5.91 Å². The van der Waals surface area contributed by atoms with Crippen molar-refractivity contribution in [1.29, 1.82) is 0 Å². The maximum Gasteiger partial charge on any atom is 0.409 e. The normalized spacial score (nSPS) is 18.5. The van der Waals surface area contributed by atoms with Gasteiger partial charge in [-0.25, -0.2) is 4.79 Å². The van der Waals surface area contributed by atoms with E-state index in [0.29, 0.717) is 38.7 Å². The highest BCUT2D eigenvalue weighted by atomic mass is 16.6. The molecule has 0 aromatic carbocycles. The molecule has 0 bridgehead atoms. The van der Waals surface area contributed by atoms with E-state index >= 15 is 0 Å². The summed E-state index contributed by atoms with van der Waals surface area (Å²) in [6.07, 6.45) is 3.71. The number of hydrogen-bond donors (Lipinski definition) is 0. The lowest BCUT2D eigenvalue weighted by atomic mass is 9.95. The molecule has 0 atom stereocenters. The molecule has 0 unspecified atom stereocenters. The Morgan fingerprint density at radius 1 is 1.06 bits per heavy atom. The Morgan fingerprint density at radius 2 is 1.81 bits per heavy atom. The molecule has 0 radical (unpaired) electrons. The van der Waals surface area contributed by atoms with Gasteiger partial charge in [0, 0.05) is 45.2 Å². The van der Waals surface area contributed by atoms with Crippen molar-refractivity contribution in [3.8, 4) is 0 Å². The third-order valence-corrected chi connectivity index (χ3v) is 5.92. The maximum absolute atomic E-state index is 13.1. The zero-order valence-corrected chi connectivity index (χ0v) is 18.3. The lowest BCUT2D eigenvalue weighted by Gasteiger charge is -2.34. The first-order valence-electron chi connectivity index (χ1n) is 11.1. The summed E-state index contributed by atoms with van der Waals surface area (Å²) in [5, 5.41) is 12.4. The van der Waals surface area contributed by atoms with Gasteiger partial charge in [0.05, 0.1) is 6.61 Å². The van der Waals surface area contributed by atoms with Crippen LogP contribution < -0.4 is 4.90 Å². The van der Waals surface area contributed by atoms with E-state index in [1.807, 2.05) is 30.9 Å². The Kier molecular flexibility index (Phi) is 6.53. The Morgan fingerprint density at radius 3 is 2.58 bits per heavy atom. The van der Waals surface area contributed by atoms with Crippen LogP contribution in [0.5, 0.6) is 0 Å². The standard InChI is InChI=1S/C21H31N7O3/c1-16(2)14-31-21(30)27-9-3-8-26(12-13-27)20(29)17-6-10-25(11-7-17)19-5-4-18-23-22-15-28(18)24-19/h4-5,15-17H,3,6-14H2,1-2H3. The van der Waals surface area contributed by atoms with Crippen LogP contribution in [0.1, 0.15) is 33.1 Å². The van der Waals surface area contributed by atoms with Gasteiger partial charge in [0.25, 0.3) is 0 Å². The zero-order chi connectivity index (χ0) is 21.8. The molecule has 2 aromatic rings. The summed E-state index contributed by atoms with van der Waals surface area (Å²) in [7, 11) is 0. The van der Waals surface area contributed by atoms with Crippen molar-refractivity contribution in [2.45, 2.75) is 33.1 Å². The van der Waals surface area contributed by atoms with Gasteiger partial charge in [-0.05, 0) is 37.3 Å². The molecule has 0 saturated carbocycles.